The quantitative estimate of drug-likeness (QED) is 0.0261. The summed E-state index contributed by atoms with van der Waals surface area (Å²) in [6.45, 7) is 6.48. The van der Waals surface area contributed by atoms with Crippen molar-refractivity contribution in [1.29, 1.82) is 0 Å². The van der Waals surface area contributed by atoms with Crippen molar-refractivity contribution in [1.82, 2.24) is 0 Å². The zero-order valence-corrected chi connectivity index (χ0v) is 46.7. The second-order valence-electron chi connectivity index (χ2n) is 19.9. The Morgan fingerprint density at radius 1 is 0.296 bits per heavy atom. The molecule has 0 heterocycles. The normalized spacial score (nSPS) is 12.7. The van der Waals surface area contributed by atoms with Gasteiger partial charge >= 0.3 is 17.9 Å². The molecule has 0 aliphatic carbocycles. The molecule has 6 nitrogen and oxygen atoms in total. The molecule has 1 unspecified atom stereocenters. The molecular weight excluding hydrogens is 877 g/mol. The first-order valence-corrected chi connectivity index (χ1v) is 30.1. The number of esters is 3. The van der Waals surface area contributed by atoms with Crippen molar-refractivity contribution in [3.63, 3.8) is 0 Å². The fourth-order valence-electron chi connectivity index (χ4n) is 8.34. The van der Waals surface area contributed by atoms with Crippen LogP contribution in [-0.4, -0.2) is 37.2 Å². The first-order chi connectivity index (χ1) is 35.0. The van der Waals surface area contributed by atoms with Crippen LogP contribution in [0.5, 0.6) is 0 Å². The van der Waals surface area contributed by atoms with Crippen molar-refractivity contribution in [3.8, 4) is 0 Å². The third-order valence-corrected chi connectivity index (χ3v) is 12.9. The Balaban J connectivity index is 4.18. The van der Waals surface area contributed by atoms with E-state index in [0.717, 1.165) is 109 Å². The van der Waals surface area contributed by atoms with Gasteiger partial charge in [-0.25, -0.2) is 0 Å². The van der Waals surface area contributed by atoms with Crippen molar-refractivity contribution < 1.29 is 28.6 Å². The van der Waals surface area contributed by atoms with Crippen LogP contribution in [0.4, 0.5) is 0 Å². The summed E-state index contributed by atoms with van der Waals surface area (Å²) in [6.07, 6.45) is 77.3. The van der Waals surface area contributed by atoms with Gasteiger partial charge in [0.15, 0.2) is 6.10 Å². The molecule has 1 atom stereocenters. The minimum absolute atomic E-state index is 0.0814. The standard InChI is InChI=1S/C65H112O6/c1-4-7-10-13-16-19-22-25-26-27-28-29-30-31-32-33-34-35-36-37-38-39-40-41-44-46-49-52-55-58-64(67)70-61-62(71-65(68)59-56-53-50-47-43-24-21-18-15-12-9-6-3)60-69-63(66)57-54-51-48-45-42-23-20-17-14-11-8-5-2/h7,10,16-21,25-26,28-29,31-32,62H,4-6,8-9,11-15,22-24,27,30,33-61H2,1-3H3/b10-7-,19-16-,20-17-,21-18-,26-25-,29-28-,32-31-. The van der Waals surface area contributed by atoms with Crippen LogP contribution in [0.1, 0.15) is 290 Å². The lowest BCUT2D eigenvalue weighted by Crippen LogP contribution is -2.30. The van der Waals surface area contributed by atoms with Crippen LogP contribution in [0.25, 0.3) is 0 Å². The monoisotopic (exact) mass is 989 g/mol. The Hall–Kier alpha value is -3.41. The Kier molecular flexibility index (Phi) is 56.3. The van der Waals surface area contributed by atoms with Crippen molar-refractivity contribution >= 4 is 17.9 Å². The molecule has 0 aliphatic heterocycles. The third-order valence-electron chi connectivity index (χ3n) is 12.9. The second kappa shape index (κ2) is 59.2. The SMILES string of the molecule is CC/C=C\C/C=C\C/C=C\C/C=C\C/C=C\CCCCCCCCCCCCCCCC(=O)OCC(COC(=O)CCCCCCC/C=C\CCCCC)OC(=O)CCCCCCC/C=C\CCCCC. The summed E-state index contributed by atoms with van der Waals surface area (Å²) in [5.74, 6) is -0.895. The number of unbranched alkanes of at least 4 members (excludes halogenated alkanes) is 29. The zero-order chi connectivity index (χ0) is 51.4. The van der Waals surface area contributed by atoms with Gasteiger partial charge in [-0.15, -0.1) is 0 Å². The topological polar surface area (TPSA) is 78.9 Å². The highest BCUT2D eigenvalue weighted by Crippen LogP contribution is 2.16. The second-order valence-corrected chi connectivity index (χ2v) is 19.9. The predicted molar refractivity (Wildman–Crippen MR) is 307 cm³/mol. The molecule has 0 amide bonds. The Bertz CT molecular complexity index is 1370. The molecule has 0 saturated heterocycles. The van der Waals surface area contributed by atoms with Crippen LogP contribution in [0.3, 0.4) is 0 Å². The maximum Gasteiger partial charge on any atom is 0.306 e. The van der Waals surface area contributed by atoms with E-state index >= 15 is 0 Å². The lowest BCUT2D eigenvalue weighted by atomic mass is 10.0. The molecule has 0 aromatic carbocycles. The fourth-order valence-corrected chi connectivity index (χ4v) is 8.34. The van der Waals surface area contributed by atoms with Crippen molar-refractivity contribution in [3.05, 3.63) is 85.1 Å². The summed E-state index contributed by atoms with van der Waals surface area (Å²) >= 11 is 0. The van der Waals surface area contributed by atoms with Gasteiger partial charge < -0.3 is 14.2 Å². The summed E-state index contributed by atoms with van der Waals surface area (Å²) in [4.78, 5) is 38.1. The van der Waals surface area contributed by atoms with Gasteiger partial charge in [0.1, 0.15) is 13.2 Å². The van der Waals surface area contributed by atoms with Crippen molar-refractivity contribution in [2.24, 2.45) is 0 Å². The van der Waals surface area contributed by atoms with Crippen molar-refractivity contribution in [2.45, 2.75) is 297 Å². The van der Waals surface area contributed by atoms with E-state index in [2.05, 4.69) is 106 Å². The van der Waals surface area contributed by atoms with Gasteiger partial charge in [-0.1, -0.05) is 241 Å². The largest absolute Gasteiger partial charge is 0.462 e. The van der Waals surface area contributed by atoms with Crippen molar-refractivity contribution in [2.75, 3.05) is 13.2 Å². The van der Waals surface area contributed by atoms with Gasteiger partial charge in [-0.3, -0.25) is 14.4 Å². The van der Waals surface area contributed by atoms with E-state index in [1.807, 2.05) is 0 Å². The summed E-state index contributed by atoms with van der Waals surface area (Å²) in [5, 5.41) is 0. The molecule has 0 fully saturated rings. The predicted octanol–water partition coefficient (Wildman–Crippen LogP) is 20.3. The highest BCUT2D eigenvalue weighted by atomic mass is 16.6. The average molecular weight is 990 g/mol. The molecular formula is C65H112O6. The lowest BCUT2D eigenvalue weighted by Gasteiger charge is -2.18. The number of allylic oxidation sites excluding steroid dienone is 14. The molecule has 0 aromatic rings. The van der Waals surface area contributed by atoms with Crippen LogP contribution < -0.4 is 0 Å². The van der Waals surface area contributed by atoms with Gasteiger partial charge in [0.25, 0.3) is 0 Å². The summed E-state index contributed by atoms with van der Waals surface area (Å²) in [5.41, 5.74) is 0. The van der Waals surface area contributed by atoms with E-state index in [9.17, 15) is 14.4 Å². The molecule has 408 valence electrons. The minimum atomic E-state index is -0.783. The minimum Gasteiger partial charge on any atom is -0.462 e. The Morgan fingerprint density at radius 3 is 0.873 bits per heavy atom. The molecule has 0 rings (SSSR count). The first kappa shape index (κ1) is 67.6. The number of carbonyl (C=O) groups is 3. The maximum absolute atomic E-state index is 12.8. The molecule has 71 heavy (non-hydrogen) atoms. The van der Waals surface area contributed by atoms with Crippen LogP contribution >= 0.6 is 0 Å². The fraction of sp³-hybridized carbons (Fsp3) is 0.738. The van der Waals surface area contributed by atoms with E-state index in [4.69, 9.17) is 14.2 Å². The maximum atomic E-state index is 12.8. The molecule has 0 spiro atoms. The third kappa shape index (κ3) is 57.4. The summed E-state index contributed by atoms with van der Waals surface area (Å²) in [7, 11) is 0. The molecule has 0 aromatic heterocycles. The Morgan fingerprint density at radius 2 is 0.549 bits per heavy atom. The van der Waals surface area contributed by atoms with Gasteiger partial charge in [0, 0.05) is 19.3 Å². The highest BCUT2D eigenvalue weighted by Gasteiger charge is 2.19. The van der Waals surface area contributed by atoms with Gasteiger partial charge in [-0.05, 0) is 116 Å². The molecule has 0 N–H and O–H groups in total. The van der Waals surface area contributed by atoms with Gasteiger partial charge in [-0.2, -0.15) is 0 Å². The molecule has 0 saturated carbocycles. The molecule has 0 bridgehead atoms. The number of rotatable bonds is 54. The van der Waals surface area contributed by atoms with E-state index in [0.29, 0.717) is 19.3 Å². The van der Waals surface area contributed by atoms with Crippen LogP contribution in [0.15, 0.2) is 85.1 Å². The number of hydrogen-bond acceptors (Lipinski definition) is 6. The molecule has 0 radical (unpaired) electrons. The first-order valence-electron chi connectivity index (χ1n) is 30.1. The highest BCUT2D eigenvalue weighted by molar-refractivity contribution is 5.71. The van der Waals surface area contributed by atoms with E-state index in [1.54, 1.807) is 0 Å². The molecule has 6 heteroatoms. The van der Waals surface area contributed by atoms with Gasteiger partial charge in [0.05, 0.1) is 0 Å². The average Bonchev–Trinajstić information content (AvgIpc) is 3.37. The van der Waals surface area contributed by atoms with Crippen LogP contribution in [-0.2, 0) is 28.6 Å². The molecule has 0 aliphatic rings. The zero-order valence-electron chi connectivity index (χ0n) is 46.7. The van der Waals surface area contributed by atoms with E-state index < -0.39 is 6.10 Å². The summed E-state index contributed by atoms with van der Waals surface area (Å²) < 4.78 is 16.8. The van der Waals surface area contributed by atoms with Crippen LogP contribution in [0.2, 0.25) is 0 Å². The number of ether oxygens (including phenoxy) is 3. The van der Waals surface area contributed by atoms with E-state index in [-0.39, 0.29) is 31.1 Å². The Labute approximate surface area is 439 Å². The smallest absolute Gasteiger partial charge is 0.306 e. The van der Waals surface area contributed by atoms with E-state index in [1.165, 1.54) is 141 Å². The summed E-state index contributed by atoms with van der Waals surface area (Å²) in [6, 6.07) is 0. The van der Waals surface area contributed by atoms with Gasteiger partial charge in [0.2, 0.25) is 0 Å². The van der Waals surface area contributed by atoms with Crippen LogP contribution in [0, 0.1) is 0 Å². The number of hydrogen-bond donors (Lipinski definition) is 0. The number of carbonyl (C=O) groups excluding carboxylic acids is 3. The lowest BCUT2D eigenvalue weighted by molar-refractivity contribution is -0.167.